The molecule has 17 heavy (non-hydrogen) atoms. The summed E-state index contributed by atoms with van der Waals surface area (Å²) in [5.74, 6) is 0.0712. The number of hydrazine groups is 1. The number of carbonyl (C=O) groups is 2. The van der Waals surface area contributed by atoms with Crippen LogP contribution in [0.4, 0.5) is 0 Å². The summed E-state index contributed by atoms with van der Waals surface area (Å²) >= 11 is 3.29. The SMILES string of the molecule is C[C@@H]1C[C@H]1C(=O)NNC(=O)c1ccc(Br)cc1. The van der Waals surface area contributed by atoms with Gasteiger partial charge in [-0.15, -0.1) is 0 Å². The van der Waals surface area contributed by atoms with Gasteiger partial charge in [-0.2, -0.15) is 0 Å². The van der Waals surface area contributed by atoms with Gasteiger partial charge >= 0.3 is 0 Å². The molecule has 0 bridgehead atoms. The lowest BCUT2D eigenvalue weighted by Crippen LogP contribution is -2.42. The molecule has 1 aromatic carbocycles. The fraction of sp³-hybridized carbons (Fsp3) is 0.333. The maximum Gasteiger partial charge on any atom is 0.269 e. The van der Waals surface area contributed by atoms with E-state index >= 15 is 0 Å². The zero-order chi connectivity index (χ0) is 12.4. The van der Waals surface area contributed by atoms with E-state index in [0.717, 1.165) is 10.9 Å². The highest BCUT2D eigenvalue weighted by Gasteiger charge is 2.39. The van der Waals surface area contributed by atoms with E-state index in [-0.39, 0.29) is 17.7 Å². The number of nitrogens with one attached hydrogen (secondary N) is 2. The maximum absolute atomic E-state index is 11.6. The van der Waals surface area contributed by atoms with E-state index in [1.807, 2.05) is 6.92 Å². The number of halogens is 1. The Balaban J connectivity index is 1.85. The van der Waals surface area contributed by atoms with E-state index in [0.29, 0.717) is 11.5 Å². The molecule has 2 amide bonds. The number of hydrogen-bond donors (Lipinski definition) is 2. The molecule has 0 heterocycles. The Morgan fingerprint density at radius 3 is 2.35 bits per heavy atom. The van der Waals surface area contributed by atoms with Gasteiger partial charge in [-0.1, -0.05) is 22.9 Å². The van der Waals surface area contributed by atoms with Crippen molar-refractivity contribution in [3.05, 3.63) is 34.3 Å². The normalized spacial score (nSPS) is 21.8. The van der Waals surface area contributed by atoms with Crippen LogP contribution in [0.2, 0.25) is 0 Å². The highest BCUT2D eigenvalue weighted by molar-refractivity contribution is 9.10. The number of rotatable bonds is 2. The summed E-state index contributed by atoms with van der Waals surface area (Å²) in [4.78, 5) is 23.1. The summed E-state index contributed by atoms with van der Waals surface area (Å²) in [7, 11) is 0. The molecule has 1 saturated carbocycles. The van der Waals surface area contributed by atoms with Gasteiger partial charge in [0.2, 0.25) is 5.91 Å². The van der Waals surface area contributed by atoms with E-state index in [2.05, 4.69) is 26.8 Å². The van der Waals surface area contributed by atoms with Gasteiger partial charge < -0.3 is 0 Å². The molecule has 2 atom stereocenters. The van der Waals surface area contributed by atoms with Crippen molar-refractivity contribution in [2.45, 2.75) is 13.3 Å². The van der Waals surface area contributed by atoms with Gasteiger partial charge in [0.15, 0.2) is 0 Å². The molecule has 1 aliphatic carbocycles. The molecule has 5 heteroatoms. The standard InChI is InChI=1S/C12H13BrN2O2/c1-7-6-10(7)12(17)15-14-11(16)8-2-4-9(13)5-3-8/h2-5,7,10H,6H2,1H3,(H,14,16)(H,15,17)/t7-,10-/m1/s1. The van der Waals surface area contributed by atoms with Crippen LogP contribution in [0, 0.1) is 11.8 Å². The second-order valence-electron chi connectivity index (χ2n) is 4.27. The molecule has 0 spiro atoms. The molecule has 0 aliphatic heterocycles. The first-order chi connectivity index (χ1) is 8.08. The van der Waals surface area contributed by atoms with Crippen molar-refractivity contribution in [1.29, 1.82) is 0 Å². The van der Waals surface area contributed by atoms with Gasteiger partial charge in [0, 0.05) is 16.0 Å². The van der Waals surface area contributed by atoms with Gasteiger partial charge in [-0.25, -0.2) is 0 Å². The lowest BCUT2D eigenvalue weighted by molar-refractivity contribution is -0.123. The van der Waals surface area contributed by atoms with Crippen LogP contribution in [0.25, 0.3) is 0 Å². The summed E-state index contributed by atoms with van der Waals surface area (Å²) in [5.41, 5.74) is 5.36. The molecule has 1 aromatic rings. The fourth-order valence-corrected chi connectivity index (χ4v) is 1.84. The molecule has 0 saturated heterocycles. The van der Waals surface area contributed by atoms with Crippen LogP contribution in [0.1, 0.15) is 23.7 Å². The number of carbonyl (C=O) groups excluding carboxylic acids is 2. The lowest BCUT2D eigenvalue weighted by Gasteiger charge is -2.06. The minimum Gasteiger partial charge on any atom is -0.273 e. The van der Waals surface area contributed by atoms with Crippen molar-refractivity contribution in [2.75, 3.05) is 0 Å². The second-order valence-corrected chi connectivity index (χ2v) is 5.19. The predicted octanol–water partition coefficient (Wildman–Crippen LogP) is 1.87. The van der Waals surface area contributed by atoms with Gasteiger partial charge in [-0.3, -0.25) is 20.4 Å². The first-order valence-corrected chi connectivity index (χ1v) is 6.23. The summed E-state index contributed by atoms with van der Waals surface area (Å²) < 4.78 is 0.907. The van der Waals surface area contributed by atoms with E-state index in [1.54, 1.807) is 24.3 Å². The second kappa shape index (κ2) is 4.87. The monoisotopic (exact) mass is 296 g/mol. The van der Waals surface area contributed by atoms with E-state index in [4.69, 9.17) is 0 Å². The Morgan fingerprint density at radius 2 is 1.82 bits per heavy atom. The summed E-state index contributed by atoms with van der Waals surface area (Å²) in [6.07, 6.45) is 0.903. The number of amides is 2. The summed E-state index contributed by atoms with van der Waals surface area (Å²) in [6, 6.07) is 6.93. The number of benzene rings is 1. The Kier molecular flexibility index (Phi) is 3.47. The third kappa shape index (κ3) is 3.06. The molecule has 0 aromatic heterocycles. The Bertz CT molecular complexity index is 444. The zero-order valence-corrected chi connectivity index (χ0v) is 11.0. The topological polar surface area (TPSA) is 58.2 Å². The number of hydrogen-bond acceptors (Lipinski definition) is 2. The zero-order valence-electron chi connectivity index (χ0n) is 9.37. The minimum atomic E-state index is -0.306. The van der Waals surface area contributed by atoms with Crippen molar-refractivity contribution < 1.29 is 9.59 Å². The van der Waals surface area contributed by atoms with E-state index < -0.39 is 0 Å². The highest BCUT2D eigenvalue weighted by Crippen LogP contribution is 2.37. The molecule has 2 rings (SSSR count). The van der Waals surface area contributed by atoms with Crippen LogP contribution in [0.3, 0.4) is 0 Å². The van der Waals surface area contributed by atoms with E-state index in [1.165, 1.54) is 0 Å². The van der Waals surface area contributed by atoms with Crippen molar-refractivity contribution in [1.82, 2.24) is 10.9 Å². The summed E-state index contributed by atoms with van der Waals surface area (Å²) in [6.45, 7) is 2.01. The molecule has 1 aliphatic rings. The van der Waals surface area contributed by atoms with Crippen molar-refractivity contribution in [3.63, 3.8) is 0 Å². The molecular formula is C12H13BrN2O2. The van der Waals surface area contributed by atoms with Gasteiger partial charge in [0.25, 0.3) is 5.91 Å². The molecule has 0 radical (unpaired) electrons. The van der Waals surface area contributed by atoms with Crippen LogP contribution < -0.4 is 10.9 Å². The van der Waals surface area contributed by atoms with Gasteiger partial charge in [-0.05, 0) is 36.6 Å². The Labute approximate surface area is 108 Å². The maximum atomic E-state index is 11.6. The lowest BCUT2D eigenvalue weighted by atomic mass is 10.2. The van der Waals surface area contributed by atoms with Crippen molar-refractivity contribution in [2.24, 2.45) is 11.8 Å². The first kappa shape index (κ1) is 12.1. The Morgan fingerprint density at radius 1 is 1.24 bits per heavy atom. The Hall–Kier alpha value is -1.36. The van der Waals surface area contributed by atoms with Crippen molar-refractivity contribution >= 4 is 27.7 Å². The average molecular weight is 297 g/mol. The van der Waals surface area contributed by atoms with Gasteiger partial charge in [0.05, 0.1) is 0 Å². The average Bonchev–Trinajstić information content (AvgIpc) is 3.04. The van der Waals surface area contributed by atoms with Crippen LogP contribution in [-0.4, -0.2) is 11.8 Å². The van der Waals surface area contributed by atoms with Crippen LogP contribution in [-0.2, 0) is 4.79 Å². The highest BCUT2D eigenvalue weighted by atomic mass is 79.9. The van der Waals surface area contributed by atoms with Crippen LogP contribution in [0.15, 0.2) is 28.7 Å². The minimum absolute atomic E-state index is 0.0558. The third-order valence-corrected chi connectivity index (χ3v) is 3.38. The quantitative estimate of drug-likeness (QED) is 0.819. The first-order valence-electron chi connectivity index (χ1n) is 5.43. The van der Waals surface area contributed by atoms with Crippen LogP contribution in [0.5, 0.6) is 0 Å². The third-order valence-electron chi connectivity index (χ3n) is 2.85. The smallest absolute Gasteiger partial charge is 0.269 e. The molecule has 4 nitrogen and oxygen atoms in total. The van der Waals surface area contributed by atoms with E-state index in [9.17, 15) is 9.59 Å². The molecule has 90 valence electrons. The fourth-order valence-electron chi connectivity index (χ4n) is 1.57. The molecule has 1 fully saturated rings. The molecular weight excluding hydrogens is 284 g/mol. The van der Waals surface area contributed by atoms with Crippen LogP contribution >= 0.6 is 15.9 Å². The largest absolute Gasteiger partial charge is 0.273 e. The molecule has 2 N–H and O–H groups in total. The molecule has 0 unspecified atom stereocenters. The van der Waals surface area contributed by atoms with Gasteiger partial charge in [0.1, 0.15) is 0 Å². The summed E-state index contributed by atoms with van der Waals surface area (Å²) in [5, 5.41) is 0. The predicted molar refractivity (Wildman–Crippen MR) is 67.0 cm³/mol. The van der Waals surface area contributed by atoms with Crippen molar-refractivity contribution in [3.8, 4) is 0 Å².